The van der Waals surface area contributed by atoms with Crippen LogP contribution in [-0.2, 0) is 9.59 Å². The second-order valence-electron chi connectivity index (χ2n) is 5.47. The van der Waals surface area contributed by atoms with Gasteiger partial charge in [-0.2, -0.15) is 0 Å². The van der Waals surface area contributed by atoms with Crippen molar-refractivity contribution in [2.24, 2.45) is 0 Å². The van der Waals surface area contributed by atoms with Crippen LogP contribution in [0, 0.1) is 5.82 Å². The topological polar surface area (TPSA) is 75.6 Å². The molecule has 22 heavy (non-hydrogen) atoms. The molecule has 0 bridgehead atoms. The molecule has 1 amide bonds. The molecule has 1 aromatic carbocycles. The van der Waals surface area contributed by atoms with Gasteiger partial charge in [-0.3, -0.25) is 9.59 Å². The molecule has 120 valence electrons. The number of carbonyl (C=O) groups excluding carboxylic acids is 1. The summed E-state index contributed by atoms with van der Waals surface area (Å²) in [7, 11) is 0. The molecule has 5 nitrogen and oxygen atoms in total. The summed E-state index contributed by atoms with van der Waals surface area (Å²) in [4.78, 5) is 22.9. The van der Waals surface area contributed by atoms with Crippen molar-refractivity contribution in [3.05, 3.63) is 28.5 Å². The number of amides is 1. The molecule has 2 rings (SSSR count). The van der Waals surface area contributed by atoms with Gasteiger partial charge < -0.3 is 15.2 Å². The summed E-state index contributed by atoms with van der Waals surface area (Å²) in [6.07, 6.45) is 2.94. The normalized spacial score (nSPS) is 16.3. The summed E-state index contributed by atoms with van der Waals surface area (Å²) in [5, 5.41) is 11.7. The molecule has 2 N–H and O–H groups in total. The van der Waals surface area contributed by atoms with E-state index >= 15 is 0 Å². The average molecular weight is 374 g/mol. The smallest absolute Gasteiger partial charge is 0.305 e. The highest BCUT2D eigenvalue weighted by Gasteiger charge is 2.37. The van der Waals surface area contributed by atoms with Crippen LogP contribution in [0.5, 0.6) is 5.75 Å². The van der Waals surface area contributed by atoms with Crippen LogP contribution in [0.4, 0.5) is 4.39 Å². The van der Waals surface area contributed by atoms with E-state index in [0.717, 1.165) is 12.8 Å². The summed E-state index contributed by atoms with van der Waals surface area (Å²) < 4.78 is 19.3. The van der Waals surface area contributed by atoms with Crippen LogP contribution in [0.3, 0.4) is 0 Å². The molecule has 0 atom stereocenters. The Balaban J connectivity index is 1.92. The zero-order valence-electron chi connectivity index (χ0n) is 11.9. The monoisotopic (exact) mass is 373 g/mol. The molecule has 0 heterocycles. The highest BCUT2D eigenvalue weighted by molar-refractivity contribution is 9.10. The minimum atomic E-state index is -0.943. The van der Waals surface area contributed by atoms with E-state index in [0.29, 0.717) is 17.3 Å². The third-order valence-electron chi connectivity index (χ3n) is 3.71. The van der Waals surface area contributed by atoms with Crippen LogP contribution in [0.15, 0.2) is 22.7 Å². The summed E-state index contributed by atoms with van der Waals surface area (Å²) in [6.45, 7) is -0.347. The molecule has 1 fully saturated rings. The summed E-state index contributed by atoms with van der Waals surface area (Å²) in [5.41, 5.74) is -0.704. The molecule has 1 aliphatic rings. The molecule has 1 aromatic rings. The lowest BCUT2D eigenvalue weighted by molar-refractivity contribution is -0.139. The van der Waals surface area contributed by atoms with Crippen LogP contribution in [-0.4, -0.2) is 29.1 Å². The summed E-state index contributed by atoms with van der Waals surface area (Å²) >= 11 is 3.13. The average Bonchev–Trinajstić information content (AvgIpc) is 2.84. The minimum absolute atomic E-state index is 0.0166. The van der Waals surface area contributed by atoms with Crippen LogP contribution in [0.1, 0.15) is 32.1 Å². The zero-order valence-corrected chi connectivity index (χ0v) is 13.5. The lowest BCUT2D eigenvalue weighted by Crippen LogP contribution is -2.49. The van der Waals surface area contributed by atoms with Gasteiger partial charge >= 0.3 is 5.97 Å². The van der Waals surface area contributed by atoms with Gasteiger partial charge in [0.25, 0.3) is 5.91 Å². The van der Waals surface area contributed by atoms with Gasteiger partial charge in [0, 0.05) is 4.47 Å². The van der Waals surface area contributed by atoms with Gasteiger partial charge in [-0.25, -0.2) is 4.39 Å². The minimum Gasteiger partial charge on any atom is -0.481 e. The Morgan fingerprint density at radius 3 is 2.64 bits per heavy atom. The Hall–Kier alpha value is -1.63. The van der Waals surface area contributed by atoms with Gasteiger partial charge in [0.15, 0.2) is 18.2 Å². The predicted molar refractivity (Wildman–Crippen MR) is 81.2 cm³/mol. The maximum atomic E-state index is 13.6. The van der Waals surface area contributed by atoms with Crippen molar-refractivity contribution < 1.29 is 23.8 Å². The highest BCUT2D eigenvalue weighted by atomic mass is 79.9. The van der Waals surface area contributed by atoms with Crippen molar-refractivity contribution in [1.29, 1.82) is 0 Å². The number of halogens is 2. The van der Waals surface area contributed by atoms with Crippen LogP contribution >= 0.6 is 15.9 Å². The summed E-state index contributed by atoms with van der Waals surface area (Å²) in [6, 6.07) is 4.28. The molecule has 0 spiro atoms. The van der Waals surface area contributed by atoms with E-state index in [1.54, 1.807) is 6.07 Å². The first-order valence-electron chi connectivity index (χ1n) is 7.01. The van der Waals surface area contributed by atoms with Crippen molar-refractivity contribution in [3.8, 4) is 5.75 Å². The van der Waals surface area contributed by atoms with E-state index in [1.807, 2.05) is 0 Å². The van der Waals surface area contributed by atoms with E-state index in [-0.39, 0.29) is 18.8 Å². The molecule has 1 aliphatic carbocycles. The first-order chi connectivity index (χ1) is 10.4. The van der Waals surface area contributed by atoms with E-state index in [2.05, 4.69) is 21.2 Å². The molecule has 0 unspecified atom stereocenters. The molecular weight excluding hydrogens is 357 g/mol. The number of carboxylic acid groups (broad SMARTS) is 1. The predicted octanol–water partition coefficient (Wildman–Crippen LogP) is 2.87. The number of nitrogens with one attached hydrogen (secondary N) is 1. The molecule has 0 aliphatic heterocycles. The van der Waals surface area contributed by atoms with Gasteiger partial charge in [-0.1, -0.05) is 28.8 Å². The van der Waals surface area contributed by atoms with E-state index in [1.165, 1.54) is 12.1 Å². The molecular formula is C15H17BrFNO4. The SMILES string of the molecule is O=C(O)CC1(NC(=O)COc2ccc(Br)cc2F)CCCC1. The molecule has 0 saturated heterocycles. The number of aliphatic carboxylic acids is 1. The number of benzene rings is 1. The van der Waals surface area contributed by atoms with Crippen LogP contribution < -0.4 is 10.1 Å². The molecule has 7 heteroatoms. The van der Waals surface area contributed by atoms with E-state index < -0.39 is 23.2 Å². The van der Waals surface area contributed by atoms with Crippen molar-refractivity contribution >= 4 is 27.8 Å². The van der Waals surface area contributed by atoms with Crippen molar-refractivity contribution in [3.63, 3.8) is 0 Å². The number of carbonyl (C=O) groups is 2. The van der Waals surface area contributed by atoms with E-state index in [4.69, 9.17) is 9.84 Å². The third kappa shape index (κ3) is 4.43. The standard InChI is InChI=1S/C15H17BrFNO4/c16-10-3-4-12(11(17)7-10)22-9-13(19)18-15(8-14(20)21)5-1-2-6-15/h3-4,7H,1-2,5-6,8-9H2,(H,18,19)(H,20,21). The fourth-order valence-electron chi connectivity index (χ4n) is 2.75. The fraction of sp³-hybridized carbons (Fsp3) is 0.467. The zero-order chi connectivity index (χ0) is 16.2. The quantitative estimate of drug-likeness (QED) is 0.803. The Kier molecular flexibility index (Phi) is 5.39. The second kappa shape index (κ2) is 7.09. The number of hydrogen-bond donors (Lipinski definition) is 2. The largest absolute Gasteiger partial charge is 0.481 e. The molecule has 1 saturated carbocycles. The third-order valence-corrected chi connectivity index (χ3v) is 4.20. The van der Waals surface area contributed by atoms with Crippen LogP contribution in [0.25, 0.3) is 0 Å². The van der Waals surface area contributed by atoms with Crippen molar-refractivity contribution in [2.75, 3.05) is 6.61 Å². The Bertz CT molecular complexity index is 573. The first-order valence-corrected chi connectivity index (χ1v) is 7.80. The van der Waals surface area contributed by atoms with Gasteiger partial charge in [0.1, 0.15) is 0 Å². The van der Waals surface area contributed by atoms with Gasteiger partial charge in [-0.15, -0.1) is 0 Å². The number of ether oxygens (including phenoxy) is 1. The fourth-order valence-corrected chi connectivity index (χ4v) is 3.09. The highest BCUT2D eigenvalue weighted by Crippen LogP contribution is 2.32. The van der Waals surface area contributed by atoms with Gasteiger partial charge in [-0.05, 0) is 31.0 Å². The van der Waals surface area contributed by atoms with Gasteiger partial charge in [0.2, 0.25) is 0 Å². The maximum Gasteiger partial charge on any atom is 0.305 e. The summed E-state index contributed by atoms with van der Waals surface area (Å²) in [5.74, 6) is -1.96. The number of hydrogen-bond acceptors (Lipinski definition) is 3. The Morgan fingerprint density at radius 1 is 1.36 bits per heavy atom. The maximum absolute atomic E-state index is 13.6. The van der Waals surface area contributed by atoms with Gasteiger partial charge in [0.05, 0.1) is 12.0 Å². The number of rotatable bonds is 6. The lowest BCUT2D eigenvalue weighted by atomic mass is 9.93. The Labute approximate surface area is 136 Å². The van der Waals surface area contributed by atoms with Crippen molar-refractivity contribution in [2.45, 2.75) is 37.6 Å². The van der Waals surface area contributed by atoms with E-state index in [9.17, 15) is 14.0 Å². The van der Waals surface area contributed by atoms with Crippen LogP contribution in [0.2, 0.25) is 0 Å². The second-order valence-corrected chi connectivity index (χ2v) is 6.39. The number of carboxylic acids is 1. The lowest BCUT2D eigenvalue weighted by Gasteiger charge is -2.28. The first kappa shape index (κ1) is 16.7. The molecule has 0 radical (unpaired) electrons. The molecule has 0 aromatic heterocycles. The Morgan fingerprint density at radius 2 is 2.05 bits per heavy atom. The van der Waals surface area contributed by atoms with Crippen molar-refractivity contribution in [1.82, 2.24) is 5.32 Å².